The molecule has 2 amide bonds. The van der Waals surface area contributed by atoms with Crippen LogP contribution < -0.4 is 15.0 Å². The topological polar surface area (TPSA) is 75.7 Å². The lowest BCUT2D eigenvalue weighted by molar-refractivity contribution is -0.127. The Morgan fingerprint density at radius 2 is 2.04 bits per heavy atom. The zero-order chi connectivity index (χ0) is 18.9. The summed E-state index contributed by atoms with van der Waals surface area (Å²) < 4.78 is 19.0. The Hall–Kier alpha value is -3.22. The summed E-state index contributed by atoms with van der Waals surface area (Å²) in [6, 6.07) is 10.2. The van der Waals surface area contributed by atoms with Crippen LogP contribution in [-0.4, -0.2) is 30.2 Å². The number of halogens is 1. The maximum Gasteiger partial charge on any atom is 0.265 e. The molecule has 134 valence electrons. The van der Waals surface area contributed by atoms with Crippen molar-refractivity contribution in [3.8, 4) is 5.75 Å². The van der Waals surface area contributed by atoms with Gasteiger partial charge in [-0.2, -0.15) is 0 Å². The van der Waals surface area contributed by atoms with Gasteiger partial charge in [0.1, 0.15) is 23.4 Å². The molecule has 2 aromatic rings. The average Bonchev–Trinajstić information content (AvgIpc) is 2.61. The van der Waals surface area contributed by atoms with Gasteiger partial charge in [-0.15, -0.1) is 0 Å². The van der Waals surface area contributed by atoms with Crippen molar-refractivity contribution in [2.75, 3.05) is 16.8 Å². The fraction of sp³-hybridized carbons (Fsp3) is 0.211. The van der Waals surface area contributed by atoms with Crippen LogP contribution in [0.25, 0.3) is 0 Å². The summed E-state index contributed by atoms with van der Waals surface area (Å²) in [5, 5.41) is 2.61. The van der Waals surface area contributed by atoms with Gasteiger partial charge < -0.3 is 10.1 Å². The molecular weight excluding hydrogens is 339 g/mol. The third kappa shape index (κ3) is 3.15. The standard InChI is InChI=1S/C19H17FN2O4/c1-19(2)18(25)21-15-9-13(20)6-7-16(15)22(19)17(24)11-26-14-5-3-4-12(8-14)10-23/h3-10H,11H2,1-2H3,(H,21,25). The number of nitrogens with one attached hydrogen (secondary N) is 1. The van der Waals surface area contributed by atoms with Gasteiger partial charge >= 0.3 is 0 Å². The Morgan fingerprint density at radius 3 is 2.77 bits per heavy atom. The maximum atomic E-state index is 13.5. The summed E-state index contributed by atoms with van der Waals surface area (Å²) in [6.07, 6.45) is 0.678. The first-order chi connectivity index (χ1) is 12.3. The molecule has 0 radical (unpaired) electrons. The van der Waals surface area contributed by atoms with E-state index in [-0.39, 0.29) is 12.3 Å². The summed E-state index contributed by atoms with van der Waals surface area (Å²) in [6.45, 7) is 2.86. The molecule has 0 aliphatic carbocycles. The summed E-state index contributed by atoms with van der Waals surface area (Å²) >= 11 is 0. The highest BCUT2D eigenvalue weighted by atomic mass is 19.1. The van der Waals surface area contributed by atoms with E-state index < -0.39 is 23.2 Å². The van der Waals surface area contributed by atoms with Crippen LogP contribution in [0.1, 0.15) is 24.2 Å². The minimum atomic E-state index is -1.17. The van der Waals surface area contributed by atoms with Gasteiger partial charge in [0.05, 0.1) is 11.4 Å². The number of benzene rings is 2. The number of fused-ring (bicyclic) bond motifs is 1. The Labute approximate surface area is 149 Å². The number of amides is 2. The van der Waals surface area contributed by atoms with E-state index in [2.05, 4.69) is 5.32 Å². The average molecular weight is 356 g/mol. The van der Waals surface area contributed by atoms with Crippen molar-refractivity contribution in [2.45, 2.75) is 19.4 Å². The van der Waals surface area contributed by atoms with Crippen LogP contribution in [0.15, 0.2) is 42.5 Å². The van der Waals surface area contributed by atoms with E-state index in [0.717, 1.165) is 6.07 Å². The van der Waals surface area contributed by atoms with Crippen molar-refractivity contribution >= 4 is 29.5 Å². The molecule has 3 rings (SSSR count). The van der Waals surface area contributed by atoms with E-state index in [0.29, 0.717) is 23.3 Å². The minimum absolute atomic E-state index is 0.227. The molecule has 0 fully saturated rings. The fourth-order valence-electron chi connectivity index (χ4n) is 2.81. The summed E-state index contributed by atoms with van der Waals surface area (Å²) in [5.74, 6) is -1.04. The first kappa shape index (κ1) is 17.6. The molecule has 7 heteroatoms. The first-order valence-corrected chi connectivity index (χ1v) is 7.95. The van der Waals surface area contributed by atoms with Crippen molar-refractivity contribution in [3.63, 3.8) is 0 Å². The van der Waals surface area contributed by atoms with Crippen molar-refractivity contribution < 1.29 is 23.5 Å². The second-order valence-electron chi connectivity index (χ2n) is 6.38. The van der Waals surface area contributed by atoms with Gasteiger partial charge in [-0.3, -0.25) is 19.3 Å². The Bertz CT molecular complexity index is 895. The zero-order valence-electron chi connectivity index (χ0n) is 14.3. The monoisotopic (exact) mass is 356 g/mol. The van der Waals surface area contributed by atoms with Crippen LogP contribution in [0.3, 0.4) is 0 Å². The molecule has 0 unspecified atom stereocenters. The van der Waals surface area contributed by atoms with Crippen LogP contribution in [0.2, 0.25) is 0 Å². The number of ether oxygens (including phenoxy) is 1. The Morgan fingerprint density at radius 1 is 1.27 bits per heavy atom. The van der Waals surface area contributed by atoms with E-state index in [1.165, 1.54) is 23.1 Å². The number of hydrogen-bond donors (Lipinski definition) is 1. The molecule has 1 N–H and O–H groups in total. The lowest BCUT2D eigenvalue weighted by Crippen LogP contribution is -2.59. The third-order valence-corrected chi connectivity index (χ3v) is 4.17. The predicted octanol–water partition coefficient (Wildman–Crippen LogP) is 2.78. The molecule has 1 aliphatic heterocycles. The van der Waals surface area contributed by atoms with Gasteiger partial charge in [0.25, 0.3) is 5.91 Å². The maximum absolute atomic E-state index is 13.5. The lowest BCUT2D eigenvalue weighted by Gasteiger charge is -2.41. The molecule has 6 nitrogen and oxygen atoms in total. The summed E-state index contributed by atoms with van der Waals surface area (Å²) in [4.78, 5) is 37.3. The first-order valence-electron chi connectivity index (χ1n) is 7.95. The molecule has 0 saturated heterocycles. The van der Waals surface area contributed by atoms with E-state index in [1.807, 2.05) is 0 Å². The Kier molecular flexibility index (Phi) is 4.46. The molecule has 0 spiro atoms. The largest absolute Gasteiger partial charge is 0.484 e. The molecule has 0 atom stereocenters. The van der Waals surface area contributed by atoms with Gasteiger partial charge in [0, 0.05) is 5.56 Å². The smallest absolute Gasteiger partial charge is 0.265 e. The predicted molar refractivity (Wildman–Crippen MR) is 93.9 cm³/mol. The van der Waals surface area contributed by atoms with E-state index in [1.54, 1.807) is 32.0 Å². The fourth-order valence-corrected chi connectivity index (χ4v) is 2.81. The van der Waals surface area contributed by atoms with Crippen LogP contribution in [0.4, 0.5) is 15.8 Å². The molecular formula is C19H17FN2O4. The van der Waals surface area contributed by atoms with Crippen molar-refractivity contribution in [1.29, 1.82) is 0 Å². The number of hydrogen-bond acceptors (Lipinski definition) is 4. The number of carbonyl (C=O) groups is 3. The van der Waals surface area contributed by atoms with E-state index >= 15 is 0 Å². The molecule has 26 heavy (non-hydrogen) atoms. The van der Waals surface area contributed by atoms with E-state index in [9.17, 15) is 18.8 Å². The highest BCUT2D eigenvalue weighted by Gasteiger charge is 2.43. The third-order valence-electron chi connectivity index (χ3n) is 4.17. The van der Waals surface area contributed by atoms with Gasteiger partial charge in [-0.1, -0.05) is 12.1 Å². The van der Waals surface area contributed by atoms with Gasteiger partial charge in [0.15, 0.2) is 6.61 Å². The van der Waals surface area contributed by atoms with Gasteiger partial charge in [-0.05, 0) is 44.2 Å². The van der Waals surface area contributed by atoms with E-state index in [4.69, 9.17) is 4.74 Å². The molecule has 2 aromatic carbocycles. The number of carbonyl (C=O) groups excluding carboxylic acids is 3. The lowest BCUT2D eigenvalue weighted by atomic mass is 9.96. The van der Waals surface area contributed by atoms with Crippen molar-refractivity contribution in [3.05, 3.63) is 53.8 Å². The van der Waals surface area contributed by atoms with Crippen LogP contribution in [0, 0.1) is 5.82 Å². The zero-order valence-corrected chi connectivity index (χ0v) is 14.3. The van der Waals surface area contributed by atoms with Gasteiger partial charge in [-0.25, -0.2) is 4.39 Å². The van der Waals surface area contributed by atoms with Crippen LogP contribution in [-0.2, 0) is 9.59 Å². The normalized spacial score (nSPS) is 15.0. The second-order valence-corrected chi connectivity index (χ2v) is 6.38. The van der Waals surface area contributed by atoms with Crippen molar-refractivity contribution in [2.24, 2.45) is 0 Å². The van der Waals surface area contributed by atoms with Crippen molar-refractivity contribution in [1.82, 2.24) is 0 Å². The highest BCUT2D eigenvalue weighted by Crippen LogP contribution is 2.37. The molecule has 0 aromatic heterocycles. The van der Waals surface area contributed by atoms with Gasteiger partial charge in [0.2, 0.25) is 5.91 Å². The second kappa shape index (κ2) is 6.59. The Balaban J connectivity index is 1.87. The number of rotatable bonds is 4. The molecule has 0 bridgehead atoms. The number of anilines is 2. The summed E-state index contributed by atoms with van der Waals surface area (Å²) in [5.41, 5.74) is -0.124. The number of nitrogens with zero attached hydrogens (tertiary/aromatic N) is 1. The minimum Gasteiger partial charge on any atom is -0.484 e. The molecule has 1 heterocycles. The SMILES string of the molecule is CC1(C)C(=O)Nc2cc(F)ccc2N1C(=O)COc1cccc(C=O)c1. The molecule has 1 aliphatic rings. The summed E-state index contributed by atoms with van der Waals surface area (Å²) in [7, 11) is 0. The quantitative estimate of drug-likeness (QED) is 0.855. The highest BCUT2D eigenvalue weighted by molar-refractivity contribution is 6.14. The number of aldehydes is 1. The van der Waals surface area contributed by atoms with Crippen LogP contribution >= 0.6 is 0 Å². The molecule has 0 saturated carbocycles. The van der Waals surface area contributed by atoms with Crippen LogP contribution in [0.5, 0.6) is 5.75 Å².